The van der Waals surface area contributed by atoms with E-state index in [0.717, 1.165) is 29.7 Å². The minimum Gasteiger partial charge on any atom is -0.342 e. The fourth-order valence-electron chi connectivity index (χ4n) is 4.61. The molecule has 0 saturated heterocycles. The molecule has 3 heteroatoms. The summed E-state index contributed by atoms with van der Waals surface area (Å²) in [7, 11) is 0. The number of aromatic nitrogens is 2. The van der Waals surface area contributed by atoms with Crippen LogP contribution in [0, 0.1) is 5.92 Å². The topological polar surface area (TPSA) is 31.9 Å². The first-order valence-corrected chi connectivity index (χ1v) is 10.4. The van der Waals surface area contributed by atoms with Gasteiger partial charge in [0, 0.05) is 24.5 Å². The smallest absolute Gasteiger partial charge is 0.107 e. The Morgan fingerprint density at radius 1 is 1.12 bits per heavy atom. The number of benzene rings is 1. The molecule has 3 rings (SSSR count). The Hall–Kier alpha value is -1.35. The lowest BCUT2D eigenvalue weighted by Crippen LogP contribution is -2.51. The highest BCUT2D eigenvalue weighted by atomic mass is 15.2. The molecule has 0 amide bonds. The summed E-state index contributed by atoms with van der Waals surface area (Å²) < 4.78 is 0. The second-order valence-corrected chi connectivity index (χ2v) is 9.83. The molecule has 0 atom stereocenters. The predicted octanol–water partition coefficient (Wildman–Crippen LogP) is 5.69. The van der Waals surface area contributed by atoms with Gasteiger partial charge >= 0.3 is 0 Å². The monoisotopic (exact) mass is 355 g/mol. The highest BCUT2D eigenvalue weighted by Crippen LogP contribution is 2.37. The van der Waals surface area contributed by atoms with Gasteiger partial charge in [-0.1, -0.05) is 26.8 Å². The molecular formula is C23H37N3. The average Bonchev–Trinajstić information content (AvgIpc) is 2.89. The summed E-state index contributed by atoms with van der Waals surface area (Å²) in [5.41, 5.74) is 3.83. The largest absolute Gasteiger partial charge is 0.342 e. The van der Waals surface area contributed by atoms with Crippen molar-refractivity contribution in [1.29, 1.82) is 0 Å². The molecule has 0 bridgehead atoms. The van der Waals surface area contributed by atoms with Crippen molar-refractivity contribution in [3.63, 3.8) is 0 Å². The molecular weight excluding hydrogens is 318 g/mol. The molecule has 1 N–H and O–H groups in total. The standard InChI is InChI=1S/C23H37N3/c1-15(2)26(16(3)4)19-12-17(13-19)8-11-22-24-20-10-9-18(23(5,6)7)14-21(20)25-22/h9-10,14-17,19H,8,11-13H2,1-7H3,(H,24,25). The van der Waals surface area contributed by atoms with Gasteiger partial charge in [0.15, 0.2) is 0 Å². The molecule has 0 spiro atoms. The maximum Gasteiger partial charge on any atom is 0.107 e. The SMILES string of the molecule is CC(C)N(C(C)C)C1CC(CCc2nc3ccc(C(C)(C)C)cc3[nH]2)C1. The van der Waals surface area contributed by atoms with Crippen LogP contribution in [0.4, 0.5) is 0 Å². The van der Waals surface area contributed by atoms with E-state index in [1.807, 2.05) is 0 Å². The fourth-order valence-corrected chi connectivity index (χ4v) is 4.61. The average molecular weight is 356 g/mol. The fraction of sp³-hybridized carbons (Fsp3) is 0.696. The summed E-state index contributed by atoms with van der Waals surface area (Å²) >= 11 is 0. The highest BCUT2D eigenvalue weighted by Gasteiger charge is 2.35. The number of hydrogen-bond donors (Lipinski definition) is 1. The van der Waals surface area contributed by atoms with Crippen LogP contribution in [0.25, 0.3) is 11.0 Å². The molecule has 1 aliphatic carbocycles. The molecule has 1 saturated carbocycles. The van der Waals surface area contributed by atoms with Crippen molar-refractivity contribution in [3.8, 4) is 0 Å². The summed E-state index contributed by atoms with van der Waals surface area (Å²) in [5.74, 6) is 2.01. The van der Waals surface area contributed by atoms with E-state index in [0.29, 0.717) is 12.1 Å². The highest BCUT2D eigenvalue weighted by molar-refractivity contribution is 5.76. The number of hydrogen-bond acceptors (Lipinski definition) is 2. The van der Waals surface area contributed by atoms with Crippen LogP contribution in [0.2, 0.25) is 0 Å². The molecule has 1 heterocycles. The summed E-state index contributed by atoms with van der Waals surface area (Å²) in [6, 6.07) is 8.73. The third kappa shape index (κ3) is 4.14. The van der Waals surface area contributed by atoms with Crippen LogP contribution < -0.4 is 0 Å². The molecule has 0 unspecified atom stereocenters. The summed E-state index contributed by atoms with van der Waals surface area (Å²) in [6.07, 6.45) is 5.03. The number of rotatable bonds is 6. The number of imidazole rings is 1. The summed E-state index contributed by atoms with van der Waals surface area (Å²) in [4.78, 5) is 11.1. The van der Waals surface area contributed by atoms with Gasteiger partial charge in [0.05, 0.1) is 11.0 Å². The number of aryl methyl sites for hydroxylation is 1. The van der Waals surface area contributed by atoms with Gasteiger partial charge in [0.1, 0.15) is 5.82 Å². The molecule has 1 aromatic heterocycles. The lowest BCUT2D eigenvalue weighted by molar-refractivity contribution is 0.0253. The van der Waals surface area contributed by atoms with Crippen LogP contribution in [0.1, 0.15) is 79.1 Å². The van der Waals surface area contributed by atoms with Crippen LogP contribution in [0.5, 0.6) is 0 Å². The maximum absolute atomic E-state index is 4.81. The number of fused-ring (bicyclic) bond motifs is 1. The van der Waals surface area contributed by atoms with Gasteiger partial charge < -0.3 is 4.98 Å². The summed E-state index contributed by atoms with van der Waals surface area (Å²) in [6.45, 7) is 16.1. The van der Waals surface area contributed by atoms with Crippen molar-refractivity contribution >= 4 is 11.0 Å². The first-order chi connectivity index (χ1) is 12.1. The lowest BCUT2D eigenvalue weighted by atomic mass is 9.76. The van der Waals surface area contributed by atoms with Crippen molar-refractivity contribution in [2.45, 2.75) is 97.7 Å². The van der Waals surface area contributed by atoms with Crippen molar-refractivity contribution in [2.75, 3.05) is 0 Å². The van der Waals surface area contributed by atoms with Crippen LogP contribution >= 0.6 is 0 Å². The van der Waals surface area contributed by atoms with E-state index in [-0.39, 0.29) is 5.41 Å². The Labute approximate surface area is 159 Å². The van der Waals surface area contributed by atoms with Crippen molar-refractivity contribution in [1.82, 2.24) is 14.9 Å². The molecule has 1 aromatic carbocycles. The molecule has 26 heavy (non-hydrogen) atoms. The Bertz CT molecular complexity index is 721. The molecule has 2 aromatic rings. The molecule has 144 valence electrons. The molecule has 1 fully saturated rings. The number of aromatic amines is 1. The van der Waals surface area contributed by atoms with Crippen LogP contribution in [-0.4, -0.2) is 33.0 Å². The molecule has 3 nitrogen and oxygen atoms in total. The Morgan fingerprint density at radius 3 is 2.35 bits per heavy atom. The van der Waals surface area contributed by atoms with Crippen LogP contribution in [0.15, 0.2) is 18.2 Å². The second-order valence-electron chi connectivity index (χ2n) is 9.83. The van der Waals surface area contributed by atoms with E-state index in [1.54, 1.807) is 0 Å². The van der Waals surface area contributed by atoms with Crippen molar-refractivity contribution < 1.29 is 0 Å². The minimum absolute atomic E-state index is 0.180. The zero-order valence-corrected chi connectivity index (χ0v) is 17.8. The van der Waals surface area contributed by atoms with Gasteiger partial charge in [0.2, 0.25) is 0 Å². The summed E-state index contributed by atoms with van der Waals surface area (Å²) in [5, 5.41) is 0. The van der Waals surface area contributed by atoms with Gasteiger partial charge in [0.25, 0.3) is 0 Å². The van der Waals surface area contributed by atoms with Gasteiger partial charge in [-0.25, -0.2) is 4.98 Å². The van der Waals surface area contributed by atoms with Gasteiger partial charge in [-0.3, -0.25) is 4.90 Å². The number of nitrogens with one attached hydrogen (secondary N) is 1. The second kappa shape index (κ2) is 7.34. The maximum atomic E-state index is 4.81. The quantitative estimate of drug-likeness (QED) is 0.722. The van der Waals surface area contributed by atoms with Crippen molar-refractivity contribution in [3.05, 3.63) is 29.6 Å². The van der Waals surface area contributed by atoms with E-state index in [1.165, 1.54) is 30.3 Å². The first-order valence-electron chi connectivity index (χ1n) is 10.4. The third-order valence-corrected chi connectivity index (χ3v) is 6.01. The zero-order chi connectivity index (χ0) is 19.1. The van der Waals surface area contributed by atoms with Gasteiger partial charge in [-0.2, -0.15) is 0 Å². The van der Waals surface area contributed by atoms with E-state index in [4.69, 9.17) is 4.98 Å². The Kier molecular flexibility index (Phi) is 5.48. The minimum atomic E-state index is 0.180. The normalized spacial score (nSPS) is 21.2. The Morgan fingerprint density at radius 2 is 1.77 bits per heavy atom. The molecule has 0 aliphatic heterocycles. The lowest BCUT2D eigenvalue weighted by Gasteiger charge is -2.47. The number of nitrogens with zero attached hydrogens (tertiary/aromatic N) is 2. The predicted molar refractivity (Wildman–Crippen MR) is 112 cm³/mol. The molecule has 1 aliphatic rings. The van der Waals surface area contributed by atoms with E-state index in [9.17, 15) is 0 Å². The van der Waals surface area contributed by atoms with Gasteiger partial charge in [-0.05, 0) is 76.0 Å². The van der Waals surface area contributed by atoms with Crippen LogP contribution in [-0.2, 0) is 11.8 Å². The third-order valence-electron chi connectivity index (χ3n) is 6.01. The van der Waals surface area contributed by atoms with E-state index >= 15 is 0 Å². The first kappa shape index (κ1) is 19.4. The van der Waals surface area contributed by atoms with Crippen molar-refractivity contribution in [2.24, 2.45) is 5.92 Å². The Balaban J connectivity index is 1.56. The van der Waals surface area contributed by atoms with Gasteiger partial charge in [-0.15, -0.1) is 0 Å². The molecule has 0 radical (unpaired) electrons. The van der Waals surface area contributed by atoms with E-state index in [2.05, 4.69) is 76.5 Å². The zero-order valence-electron chi connectivity index (χ0n) is 17.8. The van der Waals surface area contributed by atoms with Crippen LogP contribution in [0.3, 0.4) is 0 Å². The van der Waals surface area contributed by atoms with E-state index < -0.39 is 0 Å². The number of H-pyrrole nitrogens is 1.